The van der Waals surface area contributed by atoms with Gasteiger partial charge < -0.3 is 35.4 Å². The van der Waals surface area contributed by atoms with Gasteiger partial charge in [0.15, 0.2) is 0 Å². The molecule has 2 fully saturated rings. The van der Waals surface area contributed by atoms with Crippen molar-refractivity contribution in [1.29, 1.82) is 0 Å². The summed E-state index contributed by atoms with van der Waals surface area (Å²) in [5.41, 5.74) is 3.89. The summed E-state index contributed by atoms with van der Waals surface area (Å²) in [6, 6.07) is 10.7. The Hall–Kier alpha value is -0.280. The Kier molecular flexibility index (Phi) is 3.43. The van der Waals surface area contributed by atoms with Gasteiger partial charge in [0.25, 0.3) is 0 Å². The van der Waals surface area contributed by atoms with E-state index in [2.05, 4.69) is 34.9 Å². The maximum absolute atomic E-state index is 2.58. The van der Waals surface area contributed by atoms with E-state index in [4.69, 9.17) is 0 Å². The van der Waals surface area contributed by atoms with E-state index in [0.717, 1.165) is 12.1 Å². The number of hydrogen-bond acceptors (Lipinski definition) is 0. The number of fused-ring (bicyclic) bond motifs is 3. The molecule has 2 atom stereocenters. The van der Waals surface area contributed by atoms with Crippen LogP contribution in [0.1, 0.15) is 36.1 Å². The lowest BCUT2D eigenvalue weighted by Gasteiger charge is -2.21. The van der Waals surface area contributed by atoms with Gasteiger partial charge in [0, 0.05) is 24.0 Å². The van der Waals surface area contributed by atoms with Gasteiger partial charge in [0.2, 0.25) is 0 Å². The van der Waals surface area contributed by atoms with Gasteiger partial charge in [-0.1, -0.05) is 24.3 Å². The van der Waals surface area contributed by atoms with E-state index in [1.807, 2.05) is 0 Å². The molecule has 2 heterocycles. The molecule has 2 saturated heterocycles. The number of benzene rings is 1. The molecule has 2 unspecified atom stereocenters. The number of nitrogens with two attached hydrogens (primary N) is 2. The summed E-state index contributed by atoms with van der Waals surface area (Å²) in [7, 11) is 0. The maximum atomic E-state index is 2.58. The van der Waals surface area contributed by atoms with Crippen molar-refractivity contribution < 1.29 is 35.4 Å². The zero-order chi connectivity index (χ0) is 9.88. The largest absolute Gasteiger partial charge is 1.00 e. The molecule has 94 valence electrons. The monoisotopic (exact) mass is 272 g/mol. The molecule has 0 amide bonds. The number of quaternary nitrogens is 2. The van der Waals surface area contributed by atoms with Crippen LogP contribution in [0.5, 0.6) is 0 Å². The average molecular weight is 273 g/mol. The molecule has 0 bridgehead atoms. The van der Waals surface area contributed by atoms with E-state index in [-0.39, 0.29) is 24.8 Å². The van der Waals surface area contributed by atoms with E-state index in [1.54, 1.807) is 11.1 Å². The average Bonchev–Trinajstić information content (AvgIpc) is 2.89. The fourth-order valence-corrected chi connectivity index (χ4v) is 4.40. The minimum atomic E-state index is 0. The molecule has 0 aromatic heterocycles. The Balaban J connectivity index is 0.000000540. The van der Waals surface area contributed by atoms with Gasteiger partial charge in [0.1, 0.15) is 12.1 Å². The molecule has 2 nitrogen and oxygen atoms in total. The van der Waals surface area contributed by atoms with E-state index in [0.29, 0.717) is 5.41 Å². The molecule has 0 saturated carbocycles. The zero-order valence-corrected chi connectivity index (χ0v) is 11.2. The second-order valence-corrected chi connectivity index (χ2v) is 5.37. The Morgan fingerprint density at radius 3 is 1.82 bits per heavy atom. The van der Waals surface area contributed by atoms with Crippen LogP contribution in [0.3, 0.4) is 0 Å². The minimum Gasteiger partial charge on any atom is -1.00 e. The van der Waals surface area contributed by atoms with E-state index >= 15 is 0 Å². The maximum Gasteiger partial charge on any atom is 0.124 e. The first kappa shape index (κ1) is 13.2. The van der Waals surface area contributed by atoms with Gasteiger partial charge >= 0.3 is 0 Å². The molecule has 1 aromatic rings. The molecular weight excluding hydrogens is 255 g/mol. The lowest BCUT2D eigenvalue weighted by Crippen LogP contribution is -3.00. The molecule has 3 aliphatic rings. The van der Waals surface area contributed by atoms with Crippen molar-refractivity contribution >= 4 is 0 Å². The normalized spacial score (nSPS) is 36.5. The van der Waals surface area contributed by atoms with Gasteiger partial charge in [0.05, 0.1) is 18.5 Å². The van der Waals surface area contributed by atoms with Crippen molar-refractivity contribution in [3.63, 3.8) is 0 Å². The van der Waals surface area contributed by atoms with E-state index in [1.165, 1.54) is 25.9 Å². The van der Waals surface area contributed by atoms with Gasteiger partial charge in [-0.3, -0.25) is 0 Å². The van der Waals surface area contributed by atoms with Gasteiger partial charge in [-0.25, -0.2) is 0 Å². The highest BCUT2D eigenvalue weighted by Gasteiger charge is 2.63. The molecule has 1 spiro atoms. The van der Waals surface area contributed by atoms with Crippen molar-refractivity contribution in [2.75, 3.05) is 13.1 Å². The lowest BCUT2D eigenvalue weighted by atomic mass is 9.77. The van der Waals surface area contributed by atoms with Gasteiger partial charge in [-0.05, 0) is 0 Å². The van der Waals surface area contributed by atoms with Crippen LogP contribution in [-0.4, -0.2) is 13.1 Å². The summed E-state index contributed by atoms with van der Waals surface area (Å²) in [5, 5.41) is 5.16. The predicted molar refractivity (Wildman–Crippen MR) is 57.2 cm³/mol. The quantitative estimate of drug-likeness (QED) is 0.472. The zero-order valence-electron chi connectivity index (χ0n) is 9.70. The third kappa shape index (κ3) is 1.48. The SMILES string of the molecule is [Cl-].[Cl-].c1ccc2c(c1)C1[NH2+]CCC13CC[NH2+]C23. The molecule has 0 radical (unpaired) electrons. The fraction of sp³-hybridized carbons (Fsp3) is 0.538. The molecule has 2 aliphatic heterocycles. The van der Waals surface area contributed by atoms with Gasteiger partial charge in [-0.2, -0.15) is 0 Å². The Morgan fingerprint density at radius 2 is 1.35 bits per heavy atom. The molecule has 4 rings (SSSR count). The summed E-state index contributed by atoms with van der Waals surface area (Å²) in [5.74, 6) is 0. The highest BCUT2D eigenvalue weighted by Crippen LogP contribution is 2.56. The molecule has 4 heteroatoms. The first-order valence-electron chi connectivity index (χ1n) is 6.17. The minimum absolute atomic E-state index is 0. The molecular formula is C13H18Cl2N2. The van der Waals surface area contributed by atoms with Crippen molar-refractivity contribution in [3.8, 4) is 0 Å². The van der Waals surface area contributed by atoms with Crippen LogP contribution in [0, 0.1) is 5.41 Å². The second-order valence-electron chi connectivity index (χ2n) is 5.37. The Bertz CT molecular complexity index is 383. The van der Waals surface area contributed by atoms with Crippen molar-refractivity contribution in [1.82, 2.24) is 0 Å². The van der Waals surface area contributed by atoms with Crippen LogP contribution < -0.4 is 35.4 Å². The predicted octanol–water partition coefficient (Wildman–Crippen LogP) is -6.29. The summed E-state index contributed by atoms with van der Waals surface area (Å²) in [4.78, 5) is 0. The summed E-state index contributed by atoms with van der Waals surface area (Å²) < 4.78 is 0. The first-order valence-corrected chi connectivity index (χ1v) is 6.17. The fourth-order valence-electron chi connectivity index (χ4n) is 4.40. The van der Waals surface area contributed by atoms with Crippen molar-refractivity contribution in [3.05, 3.63) is 35.4 Å². The summed E-state index contributed by atoms with van der Waals surface area (Å²) in [6.07, 6.45) is 2.85. The third-order valence-corrected chi connectivity index (χ3v) is 4.93. The van der Waals surface area contributed by atoms with Crippen LogP contribution >= 0.6 is 0 Å². The van der Waals surface area contributed by atoms with Gasteiger partial charge in [-0.15, -0.1) is 0 Å². The number of halogens is 2. The standard InChI is InChI=1S/C13H16N2.2ClH/c1-2-4-10-9(3-1)11-13(5-7-14-11)6-8-15-12(10)13;;/h1-4,11-12,14-15H,5-8H2;2*1H. The molecule has 1 aromatic carbocycles. The van der Waals surface area contributed by atoms with Crippen molar-refractivity contribution in [2.24, 2.45) is 5.41 Å². The van der Waals surface area contributed by atoms with Crippen LogP contribution in [0.15, 0.2) is 24.3 Å². The summed E-state index contributed by atoms with van der Waals surface area (Å²) in [6.45, 7) is 2.67. The number of hydrogen-bond donors (Lipinski definition) is 2. The topological polar surface area (TPSA) is 33.2 Å². The van der Waals surface area contributed by atoms with Crippen molar-refractivity contribution in [2.45, 2.75) is 24.9 Å². The molecule has 1 aliphatic carbocycles. The van der Waals surface area contributed by atoms with Crippen LogP contribution in [-0.2, 0) is 0 Å². The second kappa shape index (κ2) is 4.43. The molecule has 17 heavy (non-hydrogen) atoms. The lowest BCUT2D eigenvalue weighted by molar-refractivity contribution is -0.699. The smallest absolute Gasteiger partial charge is 0.124 e. The van der Waals surface area contributed by atoms with Crippen LogP contribution in [0.2, 0.25) is 0 Å². The Labute approximate surface area is 114 Å². The third-order valence-electron chi connectivity index (χ3n) is 4.93. The summed E-state index contributed by atoms with van der Waals surface area (Å²) >= 11 is 0. The first-order chi connectivity index (χ1) is 7.42. The number of rotatable bonds is 0. The van der Waals surface area contributed by atoms with Crippen LogP contribution in [0.4, 0.5) is 0 Å². The Morgan fingerprint density at radius 1 is 0.882 bits per heavy atom. The molecule has 4 N–H and O–H groups in total. The highest BCUT2D eigenvalue weighted by molar-refractivity contribution is 5.40. The van der Waals surface area contributed by atoms with Crippen LogP contribution in [0.25, 0.3) is 0 Å². The highest BCUT2D eigenvalue weighted by atomic mass is 35.5. The van der Waals surface area contributed by atoms with E-state index in [9.17, 15) is 0 Å². The van der Waals surface area contributed by atoms with E-state index < -0.39 is 0 Å².